The third-order valence-electron chi connectivity index (χ3n) is 17.4. The summed E-state index contributed by atoms with van der Waals surface area (Å²) >= 11 is 7.92. The minimum absolute atomic E-state index is 0.00487. The number of likely N-dealkylation sites (tertiary alicyclic amines) is 2. The van der Waals surface area contributed by atoms with Crippen molar-refractivity contribution in [3.63, 3.8) is 0 Å². The first-order valence-electron chi connectivity index (χ1n) is 32.0. The molecule has 4 aliphatic heterocycles. The molecule has 20 nitrogen and oxygen atoms in total. The van der Waals surface area contributed by atoms with Crippen molar-refractivity contribution in [3.05, 3.63) is 106 Å². The lowest BCUT2D eigenvalue weighted by atomic mass is 9.85. The number of carbonyl (C=O) groups excluding carboxylic acids is 5. The van der Waals surface area contributed by atoms with Crippen LogP contribution in [0.5, 0.6) is 6.01 Å². The van der Waals surface area contributed by atoms with E-state index in [1.165, 1.54) is 29.2 Å². The van der Waals surface area contributed by atoms with Gasteiger partial charge in [-0.2, -0.15) is 9.97 Å². The Morgan fingerprint density at radius 2 is 1.53 bits per heavy atom. The van der Waals surface area contributed by atoms with E-state index in [4.69, 9.17) is 47.1 Å². The van der Waals surface area contributed by atoms with Crippen LogP contribution in [0.2, 0.25) is 5.02 Å². The minimum Gasteiger partial charge on any atom is -0.462 e. The van der Waals surface area contributed by atoms with Gasteiger partial charge in [-0.1, -0.05) is 68.8 Å². The molecule has 0 spiro atoms. The van der Waals surface area contributed by atoms with Gasteiger partial charge in [0.05, 0.1) is 52.7 Å². The molecule has 6 heterocycles. The molecule has 7 atom stereocenters. The van der Waals surface area contributed by atoms with Crippen LogP contribution in [0.3, 0.4) is 0 Å². The normalized spacial score (nSPS) is 19.8. The number of ether oxygens (including phenoxy) is 4. The van der Waals surface area contributed by atoms with E-state index in [9.17, 15) is 37.9 Å². The van der Waals surface area contributed by atoms with Crippen molar-refractivity contribution in [2.24, 2.45) is 5.41 Å². The highest BCUT2D eigenvalue weighted by molar-refractivity contribution is 7.24. The lowest BCUT2D eigenvalue weighted by Crippen LogP contribution is -2.58. The average Bonchev–Trinajstić information content (AvgIpc) is 1.73. The van der Waals surface area contributed by atoms with Crippen LogP contribution in [0, 0.1) is 35.3 Å². The highest BCUT2D eigenvalue weighted by atomic mass is 35.5. The van der Waals surface area contributed by atoms with Crippen molar-refractivity contribution >= 4 is 90.3 Å². The molecule has 508 valence electrons. The van der Waals surface area contributed by atoms with E-state index < -0.39 is 94.0 Å². The van der Waals surface area contributed by atoms with E-state index in [0.29, 0.717) is 62.4 Å². The molecule has 2 aromatic heterocycles. The molecule has 4 fully saturated rings. The molecule has 10 rings (SSSR count). The number of aromatic nitrogens is 2. The van der Waals surface area contributed by atoms with Crippen LogP contribution in [0.25, 0.3) is 48.1 Å². The molecule has 0 saturated carbocycles. The molecule has 0 radical (unpaired) electrons. The second kappa shape index (κ2) is 28.4. The number of amides is 5. The van der Waals surface area contributed by atoms with Crippen LogP contribution in [-0.4, -0.2) is 160 Å². The number of halogens is 5. The number of aliphatic hydroxyl groups excluding tert-OH is 1. The summed E-state index contributed by atoms with van der Waals surface area (Å²) in [6.07, 6.45) is 1.28. The van der Waals surface area contributed by atoms with Gasteiger partial charge in [0, 0.05) is 68.0 Å². The number of hydrogen-bond donors (Lipinski definition) is 4. The Morgan fingerprint density at radius 1 is 0.842 bits per heavy atom. The maximum absolute atomic E-state index is 17.9. The van der Waals surface area contributed by atoms with E-state index in [0.717, 1.165) is 36.8 Å². The van der Waals surface area contributed by atoms with Crippen LogP contribution < -0.4 is 25.6 Å². The maximum Gasteiger partial charge on any atom is 0.411 e. The summed E-state index contributed by atoms with van der Waals surface area (Å²) < 4.78 is 86.2. The number of aliphatic hydroxyl groups is 1. The van der Waals surface area contributed by atoms with Crippen LogP contribution in [0.4, 0.5) is 43.7 Å². The molecule has 3 unspecified atom stereocenters. The number of piperazine rings is 1. The van der Waals surface area contributed by atoms with Gasteiger partial charge in [0.15, 0.2) is 5.82 Å². The van der Waals surface area contributed by atoms with Gasteiger partial charge in [-0.15, -0.1) is 11.3 Å². The number of benzene rings is 4. The van der Waals surface area contributed by atoms with Crippen molar-refractivity contribution in [3.8, 4) is 28.3 Å². The van der Waals surface area contributed by atoms with E-state index in [2.05, 4.69) is 25.7 Å². The summed E-state index contributed by atoms with van der Waals surface area (Å²) in [4.78, 5) is 88.8. The molecule has 4 aliphatic rings. The summed E-state index contributed by atoms with van der Waals surface area (Å²) in [5.41, 5.74) is -1.95. The number of anilines is 2. The molecule has 5 amide bonds. The largest absolute Gasteiger partial charge is 0.462 e. The maximum atomic E-state index is 17.9. The zero-order valence-corrected chi connectivity index (χ0v) is 56.5. The van der Waals surface area contributed by atoms with Crippen molar-refractivity contribution in [2.75, 3.05) is 62.8 Å². The fourth-order valence-corrected chi connectivity index (χ4v) is 14.3. The van der Waals surface area contributed by atoms with Crippen LogP contribution in [0.15, 0.2) is 60.7 Å². The Hall–Kier alpha value is -7.89. The van der Waals surface area contributed by atoms with Gasteiger partial charge >= 0.3 is 18.2 Å². The van der Waals surface area contributed by atoms with Crippen molar-refractivity contribution in [2.45, 2.75) is 168 Å². The molecule has 95 heavy (non-hydrogen) atoms. The summed E-state index contributed by atoms with van der Waals surface area (Å²) in [5.74, 6) is -4.14. The Kier molecular flexibility index (Phi) is 20.9. The zero-order chi connectivity index (χ0) is 68.6. The SMILES string of the molecule is [C-]#[N+]c1c(NC(=O)OC(C)(C)C)sc2c(F)ccc(-c3c(Cl)cc4c(N5CC6CCC(C5)N6C(=O)OC(C)(C)C)nc(OCC5CCCN5CCCOCCC(=O)N[C@H](C(=O)N5C[C@H](O)C[C@H]5C(=O)N[C@@H](C)c5ccc(-c6c(F)cccc6F)cc5)C(C)(C)C)nc4c3F)c12. The molecule has 6 aromatic rings. The van der Waals surface area contributed by atoms with Gasteiger partial charge in [-0.3, -0.25) is 29.5 Å². The van der Waals surface area contributed by atoms with Gasteiger partial charge in [0.1, 0.15) is 63.7 Å². The zero-order valence-electron chi connectivity index (χ0n) is 55.0. The minimum atomic E-state index is -1.06. The lowest BCUT2D eigenvalue weighted by molar-refractivity contribution is -0.144. The molecular formula is C69H81ClF4N10O10S. The summed E-state index contributed by atoms with van der Waals surface area (Å²) in [6, 6.07) is 10.7. The van der Waals surface area contributed by atoms with Gasteiger partial charge in [-0.25, -0.2) is 32.0 Å². The van der Waals surface area contributed by atoms with E-state index in [1.807, 2.05) is 25.7 Å². The summed E-state index contributed by atoms with van der Waals surface area (Å²) in [7, 11) is 0. The van der Waals surface area contributed by atoms with Gasteiger partial charge in [0.25, 0.3) is 0 Å². The Bertz CT molecular complexity index is 3910. The fourth-order valence-electron chi connectivity index (χ4n) is 13.0. The van der Waals surface area contributed by atoms with Crippen LogP contribution >= 0.6 is 22.9 Å². The number of carbonyl (C=O) groups is 5. The smallest absolute Gasteiger partial charge is 0.411 e. The molecule has 26 heteroatoms. The molecule has 4 aromatic carbocycles. The predicted octanol–water partition coefficient (Wildman–Crippen LogP) is 12.9. The van der Waals surface area contributed by atoms with Crippen molar-refractivity contribution in [1.82, 2.24) is 35.3 Å². The van der Waals surface area contributed by atoms with E-state index >= 15 is 8.78 Å². The fraction of sp³-hybridized carbons (Fsp3) is 0.507. The quantitative estimate of drug-likeness (QED) is 0.0337. The third kappa shape index (κ3) is 15.8. The first kappa shape index (κ1) is 69.9. The summed E-state index contributed by atoms with van der Waals surface area (Å²) in [5, 5.41) is 19.3. The molecule has 4 saturated heterocycles. The number of nitrogens with one attached hydrogen (secondary N) is 3. The third-order valence-corrected chi connectivity index (χ3v) is 18.8. The molecule has 4 N–H and O–H groups in total. The molecule has 2 bridgehead atoms. The predicted molar refractivity (Wildman–Crippen MR) is 355 cm³/mol. The van der Waals surface area contributed by atoms with Crippen molar-refractivity contribution < 1.29 is 65.6 Å². The standard InChI is InChI=1S/C69H81ClF4N10O10S/c1-37(38-18-20-39(21-19-38)52-47(71)16-12-17-48(52)72)76-61(87)50-31-43(85)35-83(50)63(88)59(67(2,3)4)77-51(86)26-30-91-29-14-28-81-27-13-15-42(81)36-92-64-78-56-45(60(79-64)82-33-40-22-23-41(34-82)84(40)66(90)94-69(8,9)10)32-46(70)53(55(56)74)44-24-25-49(73)58-54(44)57(75-11)62(95-58)80-65(89)93-68(5,6)7/h12,16-21,24-25,32,37,40-43,50,59,85H,13-15,22-23,26-31,33-36H2,1-10H3,(H,76,87)(H,77,86)(H,80,89)/t37-,40?,41?,42?,43+,50-,59+/m0/s1. The first-order chi connectivity index (χ1) is 44.9. The summed E-state index contributed by atoms with van der Waals surface area (Å²) in [6.45, 7) is 28.2. The second-order valence-corrected chi connectivity index (χ2v) is 29.3. The van der Waals surface area contributed by atoms with Gasteiger partial charge in [-0.05, 0) is 133 Å². The first-order valence-corrected chi connectivity index (χ1v) is 33.2. The number of thiophene rings is 1. The highest BCUT2D eigenvalue weighted by Gasteiger charge is 2.47. The number of β-amino-alcohol motifs (C(OH)–C–C–N with tert-alkyl or cyclic N) is 1. The monoisotopic (exact) mass is 1350 g/mol. The topological polar surface area (TPSA) is 222 Å². The van der Waals surface area contributed by atoms with Crippen LogP contribution in [0.1, 0.15) is 126 Å². The van der Waals surface area contributed by atoms with Crippen LogP contribution in [-0.2, 0) is 28.6 Å². The van der Waals surface area contributed by atoms with Crippen molar-refractivity contribution in [1.29, 1.82) is 0 Å². The number of nitrogens with zero attached hydrogens (tertiary/aromatic N) is 7. The lowest BCUT2D eigenvalue weighted by Gasteiger charge is -2.42. The number of hydrogen-bond acceptors (Lipinski definition) is 15. The Labute approximate surface area is 558 Å². The Balaban J connectivity index is 0.784. The van der Waals surface area contributed by atoms with Gasteiger partial charge < -0.3 is 44.5 Å². The van der Waals surface area contributed by atoms with Gasteiger partial charge in [0.2, 0.25) is 23.4 Å². The molecular weight excluding hydrogens is 1270 g/mol. The average molecular weight is 1350 g/mol. The second-order valence-electron chi connectivity index (χ2n) is 27.8. The van der Waals surface area contributed by atoms with E-state index in [1.54, 1.807) is 83.7 Å². The molecule has 0 aliphatic carbocycles. The van der Waals surface area contributed by atoms with E-state index in [-0.39, 0.29) is 110 Å². The number of fused-ring (bicyclic) bond motifs is 4. The highest BCUT2D eigenvalue weighted by Crippen LogP contribution is 2.51. The Morgan fingerprint density at radius 3 is 2.18 bits per heavy atom. The number of rotatable bonds is 19.